The van der Waals surface area contributed by atoms with E-state index in [0.29, 0.717) is 0 Å². The summed E-state index contributed by atoms with van der Waals surface area (Å²) in [5.74, 6) is 2.39. The van der Waals surface area contributed by atoms with Crippen molar-refractivity contribution in [2.24, 2.45) is 0 Å². The first kappa shape index (κ1) is 21.5. The molecule has 1 heterocycles. The van der Waals surface area contributed by atoms with Gasteiger partial charge >= 0.3 is 0 Å². The van der Waals surface area contributed by atoms with Crippen LogP contribution < -0.4 is 14.2 Å². The summed E-state index contributed by atoms with van der Waals surface area (Å²) in [5, 5.41) is 2.31. The lowest BCUT2D eigenvalue weighted by Crippen LogP contribution is -2.31. The Morgan fingerprint density at radius 3 is 2.31 bits per heavy atom. The van der Waals surface area contributed by atoms with Gasteiger partial charge in [0.25, 0.3) is 0 Å². The van der Waals surface area contributed by atoms with Crippen LogP contribution in [0.4, 0.5) is 0 Å². The molecule has 0 radical (unpaired) electrons. The first-order valence-electron chi connectivity index (χ1n) is 12.1. The normalized spacial score (nSPS) is 18.0. The highest BCUT2D eigenvalue weighted by Crippen LogP contribution is 2.52. The van der Waals surface area contributed by atoms with Crippen molar-refractivity contribution in [1.29, 1.82) is 0 Å². The van der Waals surface area contributed by atoms with E-state index in [-0.39, 0.29) is 0 Å². The van der Waals surface area contributed by atoms with Gasteiger partial charge in [-0.05, 0) is 77.6 Å². The van der Waals surface area contributed by atoms with Crippen LogP contribution in [0.2, 0.25) is 0 Å². The van der Waals surface area contributed by atoms with Crippen LogP contribution in [0.25, 0.3) is 28.0 Å². The van der Waals surface area contributed by atoms with Crippen LogP contribution in [0, 0.1) is 0 Å². The molecular formula is C32H28O3. The van der Waals surface area contributed by atoms with Crippen molar-refractivity contribution in [3.05, 3.63) is 107 Å². The summed E-state index contributed by atoms with van der Waals surface area (Å²) in [5.41, 5.74) is 6.61. The van der Waals surface area contributed by atoms with Gasteiger partial charge in [0, 0.05) is 16.7 Å². The number of hydrogen-bond donors (Lipinski definition) is 0. The fraction of sp³-hybridized carbons (Fsp3) is 0.188. The highest BCUT2D eigenvalue weighted by atomic mass is 16.5. The zero-order valence-electron chi connectivity index (χ0n) is 20.3. The number of methoxy groups -OCH3 is 2. The van der Waals surface area contributed by atoms with Gasteiger partial charge < -0.3 is 14.2 Å². The van der Waals surface area contributed by atoms with Crippen LogP contribution in [0.1, 0.15) is 29.2 Å². The molecule has 1 unspecified atom stereocenters. The average molecular weight is 461 g/mol. The summed E-state index contributed by atoms with van der Waals surface area (Å²) >= 11 is 0. The minimum atomic E-state index is -0.673. The minimum absolute atomic E-state index is 0.673. The Labute approximate surface area is 206 Å². The smallest absolute Gasteiger partial charge is 0.171 e. The van der Waals surface area contributed by atoms with Gasteiger partial charge in [0.2, 0.25) is 0 Å². The second kappa shape index (κ2) is 8.35. The first-order valence-corrected chi connectivity index (χ1v) is 12.1. The molecule has 0 spiro atoms. The van der Waals surface area contributed by atoms with E-state index in [1.807, 2.05) is 13.0 Å². The van der Waals surface area contributed by atoms with Crippen molar-refractivity contribution >= 4 is 16.8 Å². The molecule has 6 rings (SSSR count). The maximum Gasteiger partial charge on any atom is 0.171 e. The third kappa shape index (κ3) is 3.26. The zero-order valence-corrected chi connectivity index (χ0v) is 20.3. The molecule has 1 aliphatic carbocycles. The van der Waals surface area contributed by atoms with E-state index in [2.05, 4.69) is 85.0 Å². The van der Waals surface area contributed by atoms with Gasteiger partial charge in [-0.1, -0.05) is 60.7 Å². The molecule has 174 valence electrons. The Morgan fingerprint density at radius 2 is 1.57 bits per heavy atom. The molecule has 0 bridgehead atoms. The maximum atomic E-state index is 7.09. The van der Waals surface area contributed by atoms with E-state index in [0.717, 1.165) is 46.6 Å². The summed E-state index contributed by atoms with van der Waals surface area (Å²) in [7, 11) is 3.38. The standard InChI is InChI=1S/C32H28O3/c1-4-17-32(22-11-6-5-7-12-22)18-16-25-27-20-29(34-3)28(33-2)19-26(27)24-15-14-21-10-8-9-13-23(21)30(24)31(25)35-32/h4-13,16-20H,14-15H2,1-3H3/b17-4+. The van der Waals surface area contributed by atoms with Gasteiger partial charge in [-0.3, -0.25) is 0 Å². The van der Waals surface area contributed by atoms with Crippen molar-refractivity contribution in [3.8, 4) is 28.4 Å². The quantitative estimate of drug-likeness (QED) is 0.295. The van der Waals surface area contributed by atoms with Crippen molar-refractivity contribution in [1.82, 2.24) is 0 Å². The van der Waals surface area contributed by atoms with Gasteiger partial charge in [-0.25, -0.2) is 0 Å². The number of benzene rings is 4. The van der Waals surface area contributed by atoms with Crippen molar-refractivity contribution in [2.45, 2.75) is 25.4 Å². The summed E-state index contributed by atoms with van der Waals surface area (Å²) in [6.07, 6.45) is 10.5. The molecule has 0 fully saturated rings. The number of hydrogen-bond acceptors (Lipinski definition) is 3. The van der Waals surface area contributed by atoms with E-state index in [1.165, 1.54) is 27.6 Å². The summed E-state index contributed by atoms with van der Waals surface area (Å²) in [6.45, 7) is 2.04. The monoisotopic (exact) mass is 460 g/mol. The Kier molecular flexibility index (Phi) is 5.14. The van der Waals surface area contributed by atoms with E-state index < -0.39 is 5.60 Å². The highest BCUT2D eigenvalue weighted by Gasteiger charge is 2.36. The van der Waals surface area contributed by atoms with E-state index >= 15 is 0 Å². The highest BCUT2D eigenvalue weighted by molar-refractivity contribution is 6.04. The molecule has 0 N–H and O–H groups in total. The number of allylic oxidation sites excluding steroid dienone is 1. The topological polar surface area (TPSA) is 27.7 Å². The van der Waals surface area contributed by atoms with E-state index in [1.54, 1.807) is 14.2 Å². The maximum absolute atomic E-state index is 7.09. The molecule has 2 aliphatic rings. The lowest BCUT2D eigenvalue weighted by molar-refractivity contribution is 0.170. The van der Waals surface area contributed by atoms with Crippen molar-refractivity contribution < 1.29 is 14.2 Å². The first-order chi connectivity index (χ1) is 17.2. The van der Waals surface area contributed by atoms with Gasteiger partial charge in [0.05, 0.1) is 14.2 Å². The van der Waals surface area contributed by atoms with Crippen LogP contribution in [0.3, 0.4) is 0 Å². The lowest BCUT2D eigenvalue weighted by Gasteiger charge is -2.37. The van der Waals surface area contributed by atoms with Gasteiger partial charge in [-0.15, -0.1) is 0 Å². The van der Waals surface area contributed by atoms with Crippen LogP contribution in [0.15, 0.2) is 85.0 Å². The molecule has 4 aromatic carbocycles. The Morgan fingerprint density at radius 1 is 0.857 bits per heavy atom. The zero-order chi connectivity index (χ0) is 24.0. The van der Waals surface area contributed by atoms with Crippen molar-refractivity contribution in [3.63, 3.8) is 0 Å². The molecule has 1 atom stereocenters. The number of fused-ring (bicyclic) bond motifs is 8. The van der Waals surface area contributed by atoms with Crippen LogP contribution in [0.5, 0.6) is 17.2 Å². The molecule has 1 aliphatic heterocycles. The Bertz CT molecular complexity index is 1500. The second-order valence-corrected chi connectivity index (χ2v) is 9.10. The van der Waals surface area contributed by atoms with Gasteiger partial charge in [0.1, 0.15) is 5.75 Å². The predicted octanol–water partition coefficient (Wildman–Crippen LogP) is 7.50. The van der Waals surface area contributed by atoms with E-state index in [9.17, 15) is 0 Å². The SMILES string of the molecule is C/C=C/C1(c2ccccc2)C=Cc2c(c3c(c4cc(OC)c(OC)cc24)CCc2ccccc2-3)O1. The molecular weight excluding hydrogens is 432 g/mol. The van der Waals surface area contributed by atoms with Crippen LogP contribution in [-0.4, -0.2) is 14.2 Å². The molecule has 0 saturated heterocycles. The summed E-state index contributed by atoms with van der Waals surface area (Å²) < 4.78 is 18.5. The van der Waals surface area contributed by atoms with Crippen LogP contribution in [-0.2, 0) is 18.4 Å². The van der Waals surface area contributed by atoms with Gasteiger partial charge in [0.15, 0.2) is 17.1 Å². The summed E-state index contributed by atoms with van der Waals surface area (Å²) in [4.78, 5) is 0. The second-order valence-electron chi connectivity index (χ2n) is 9.10. The number of ether oxygens (including phenoxy) is 3. The predicted molar refractivity (Wildman–Crippen MR) is 142 cm³/mol. The molecule has 4 aromatic rings. The lowest BCUT2D eigenvalue weighted by atomic mass is 9.79. The fourth-order valence-electron chi connectivity index (χ4n) is 5.64. The molecule has 35 heavy (non-hydrogen) atoms. The van der Waals surface area contributed by atoms with Crippen LogP contribution >= 0.6 is 0 Å². The third-order valence-electron chi connectivity index (χ3n) is 7.25. The molecule has 0 aromatic heterocycles. The van der Waals surface area contributed by atoms with Crippen molar-refractivity contribution in [2.75, 3.05) is 14.2 Å². The largest absolute Gasteiger partial charge is 0.493 e. The van der Waals surface area contributed by atoms with E-state index in [4.69, 9.17) is 14.2 Å². The molecule has 0 amide bonds. The minimum Gasteiger partial charge on any atom is -0.493 e. The third-order valence-corrected chi connectivity index (χ3v) is 7.25. The molecule has 0 saturated carbocycles. The average Bonchev–Trinajstić information content (AvgIpc) is 2.92. The molecule has 3 nitrogen and oxygen atoms in total. The molecule has 3 heteroatoms. The summed E-state index contributed by atoms with van der Waals surface area (Å²) in [6, 6.07) is 23.3. The Balaban J connectivity index is 1.71. The van der Waals surface area contributed by atoms with Gasteiger partial charge in [-0.2, -0.15) is 0 Å². The number of rotatable bonds is 4. The number of aryl methyl sites for hydroxylation is 2. The Hall–Kier alpha value is -3.98. The fourth-order valence-corrected chi connectivity index (χ4v) is 5.64.